The first-order chi connectivity index (χ1) is 5.34. The van der Waals surface area contributed by atoms with Gasteiger partial charge in [0.25, 0.3) is 0 Å². The lowest BCUT2D eigenvalue weighted by Gasteiger charge is -2.06. The predicted octanol–water partition coefficient (Wildman–Crippen LogP) is 0.962. The molecular formula is C8H11N3. The minimum atomic E-state index is 0.736. The van der Waals surface area contributed by atoms with Crippen LogP contribution in [0.25, 0.3) is 0 Å². The molecule has 0 spiro atoms. The molecule has 2 N–H and O–H groups in total. The topological polar surface area (TPSA) is 43.8 Å². The Morgan fingerprint density at radius 1 is 1.45 bits per heavy atom. The van der Waals surface area contributed by atoms with Crippen molar-refractivity contribution in [2.75, 3.05) is 5.84 Å². The molecule has 0 radical (unpaired) electrons. The van der Waals surface area contributed by atoms with E-state index in [1.807, 2.05) is 6.20 Å². The van der Waals surface area contributed by atoms with Crippen molar-refractivity contribution >= 4 is 0 Å². The molecule has 2 bridgehead atoms. The first-order valence-electron chi connectivity index (χ1n) is 4.19. The molecule has 58 valence electrons. The standard InChI is InChI=1S/C8H11N3/c9-11-4-7-5-1-2-6(3-5)8(7)10-11/h4-6H,1-3,9H2. The maximum atomic E-state index is 5.55. The third kappa shape index (κ3) is 0.564. The minimum Gasteiger partial charge on any atom is -0.323 e. The van der Waals surface area contributed by atoms with Crippen LogP contribution in [0.1, 0.15) is 42.4 Å². The van der Waals surface area contributed by atoms with Gasteiger partial charge in [-0.2, -0.15) is 9.89 Å². The van der Waals surface area contributed by atoms with Gasteiger partial charge in [-0.15, -0.1) is 0 Å². The Hall–Kier alpha value is -0.990. The number of hydrogen-bond acceptors (Lipinski definition) is 2. The van der Waals surface area contributed by atoms with Crippen molar-refractivity contribution in [2.24, 2.45) is 0 Å². The predicted molar refractivity (Wildman–Crippen MR) is 41.7 cm³/mol. The zero-order chi connectivity index (χ0) is 7.42. The summed E-state index contributed by atoms with van der Waals surface area (Å²) in [6, 6.07) is 0. The molecule has 3 heteroatoms. The smallest absolute Gasteiger partial charge is 0.0711 e. The van der Waals surface area contributed by atoms with Crippen LogP contribution >= 0.6 is 0 Å². The van der Waals surface area contributed by atoms with Gasteiger partial charge in [-0.25, -0.2) is 0 Å². The van der Waals surface area contributed by atoms with Crippen LogP contribution in [0.15, 0.2) is 6.20 Å². The third-order valence-electron chi connectivity index (χ3n) is 3.05. The molecule has 1 fully saturated rings. The van der Waals surface area contributed by atoms with Gasteiger partial charge in [0.1, 0.15) is 0 Å². The quantitative estimate of drug-likeness (QED) is 0.558. The Morgan fingerprint density at radius 3 is 3.09 bits per heavy atom. The summed E-state index contributed by atoms with van der Waals surface area (Å²) in [5.74, 6) is 7.07. The average Bonchev–Trinajstić information content (AvgIpc) is 2.53. The monoisotopic (exact) mass is 149 g/mol. The second-order valence-corrected chi connectivity index (χ2v) is 3.66. The molecule has 0 saturated heterocycles. The van der Waals surface area contributed by atoms with Gasteiger partial charge >= 0.3 is 0 Å². The summed E-state index contributed by atoms with van der Waals surface area (Å²) in [7, 11) is 0. The highest BCUT2D eigenvalue weighted by molar-refractivity contribution is 5.34. The van der Waals surface area contributed by atoms with Crippen LogP contribution in [-0.2, 0) is 0 Å². The molecule has 2 aliphatic carbocycles. The highest BCUT2D eigenvalue weighted by atomic mass is 15.5. The Labute approximate surface area is 65.2 Å². The van der Waals surface area contributed by atoms with Gasteiger partial charge < -0.3 is 5.84 Å². The lowest BCUT2D eigenvalue weighted by atomic mass is 9.99. The van der Waals surface area contributed by atoms with Gasteiger partial charge in [-0.05, 0) is 30.7 Å². The Balaban J connectivity index is 2.21. The normalized spacial score (nSPS) is 32.7. The van der Waals surface area contributed by atoms with Crippen molar-refractivity contribution in [2.45, 2.75) is 31.1 Å². The zero-order valence-electron chi connectivity index (χ0n) is 6.33. The summed E-state index contributed by atoms with van der Waals surface area (Å²) in [5.41, 5.74) is 2.70. The molecule has 11 heavy (non-hydrogen) atoms. The van der Waals surface area contributed by atoms with Crippen LogP contribution in [0.5, 0.6) is 0 Å². The van der Waals surface area contributed by atoms with Crippen molar-refractivity contribution in [1.82, 2.24) is 9.89 Å². The molecule has 2 unspecified atom stereocenters. The SMILES string of the molecule is Nn1cc2c(n1)C1CCC2C1. The fourth-order valence-corrected chi connectivity index (χ4v) is 2.56. The van der Waals surface area contributed by atoms with Gasteiger partial charge in [0.05, 0.1) is 11.9 Å². The minimum absolute atomic E-state index is 0.736. The van der Waals surface area contributed by atoms with Crippen LogP contribution in [0, 0.1) is 0 Å². The number of rotatable bonds is 0. The van der Waals surface area contributed by atoms with E-state index in [4.69, 9.17) is 5.84 Å². The molecule has 1 saturated carbocycles. The Bertz CT molecular complexity index is 275. The largest absolute Gasteiger partial charge is 0.323 e. The molecular weight excluding hydrogens is 138 g/mol. The second-order valence-electron chi connectivity index (χ2n) is 3.66. The van der Waals surface area contributed by atoms with Crippen molar-refractivity contribution in [3.8, 4) is 0 Å². The molecule has 0 amide bonds. The van der Waals surface area contributed by atoms with E-state index in [9.17, 15) is 0 Å². The fourth-order valence-electron chi connectivity index (χ4n) is 2.56. The summed E-state index contributed by atoms with van der Waals surface area (Å²) in [6.07, 6.45) is 6.00. The number of nitrogens with two attached hydrogens (primary N) is 1. The van der Waals surface area contributed by atoms with E-state index in [2.05, 4.69) is 5.10 Å². The lowest BCUT2D eigenvalue weighted by Crippen LogP contribution is -2.09. The first kappa shape index (κ1) is 5.63. The average molecular weight is 149 g/mol. The van der Waals surface area contributed by atoms with Gasteiger partial charge in [0.2, 0.25) is 0 Å². The van der Waals surface area contributed by atoms with Crippen LogP contribution in [0.3, 0.4) is 0 Å². The highest BCUT2D eigenvalue weighted by Crippen LogP contribution is 2.51. The molecule has 2 aliphatic rings. The molecule has 0 aromatic carbocycles. The Kier molecular flexibility index (Phi) is 0.819. The summed E-state index contributed by atoms with van der Waals surface area (Å²) >= 11 is 0. The summed E-state index contributed by atoms with van der Waals surface area (Å²) < 4.78 is 0. The third-order valence-corrected chi connectivity index (χ3v) is 3.05. The summed E-state index contributed by atoms with van der Waals surface area (Å²) in [4.78, 5) is 1.47. The zero-order valence-corrected chi connectivity index (χ0v) is 6.33. The summed E-state index contributed by atoms with van der Waals surface area (Å²) in [6.45, 7) is 0. The van der Waals surface area contributed by atoms with Crippen molar-refractivity contribution < 1.29 is 0 Å². The van der Waals surface area contributed by atoms with Crippen LogP contribution in [-0.4, -0.2) is 9.89 Å². The first-order valence-corrected chi connectivity index (χ1v) is 4.19. The van der Waals surface area contributed by atoms with E-state index in [1.165, 1.54) is 35.3 Å². The van der Waals surface area contributed by atoms with Crippen molar-refractivity contribution in [1.29, 1.82) is 0 Å². The lowest BCUT2D eigenvalue weighted by molar-refractivity contribution is 0.681. The molecule has 3 rings (SSSR count). The fraction of sp³-hybridized carbons (Fsp3) is 0.625. The van der Waals surface area contributed by atoms with E-state index in [1.54, 1.807) is 0 Å². The van der Waals surface area contributed by atoms with Gasteiger partial charge in [-0.1, -0.05) is 0 Å². The maximum absolute atomic E-state index is 5.55. The molecule has 1 aromatic rings. The molecule has 1 aromatic heterocycles. The number of fused-ring (bicyclic) bond motifs is 5. The Morgan fingerprint density at radius 2 is 2.27 bits per heavy atom. The van der Waals surface area contributed by atoms with Gasteiger partial charge in [-0.3, -0.25) is 0 Å². The van der Waals surface area contributed by atoms with Crippen LogP contribution in [0.2, 0.25) is 0 Å². The van der Waals surface area contributed by atoms with Gasteiger partial charge in [0.15, 0.2) is 0 Å². The molecule has 0 aliphatic heterocycles. The second kappa shape index (κ2) is 1.60. The number of hydrogen-bond donors (Lipinski definition) is 1. The molecule has 2 atom stereocenters. The highest BCUT2D eigenvalue weighted by Gasteiger charge is 2.39. The van der Waals surface area contributed by atoms with Crippen molar-refractivity contribution in [3.05, 3.63) is 17.5 Å². The van der Waals surface area contributed by atoms with Gasteiger partial charge in [0, 0.05) is 5.92 Å². The maximum Gasteiger partial charge on any atom is 0.0711 e. The van der Waals surface area contributed by atoms with Crippen LogP contribution in [0.4, 0.5) is 0 Å². The van der Waals surface area contributed by atoms with Crippen molar-refractivity contribution in [3.63, 3.8) is 0 Å². The molecule has 1 heterocycles. The number of aromatic nitrogens is 2. The molecule has 3 nitrogen and oxygen atoms in total. The van der Waals surface area contributed by atoms with E-state index in [0.29, 0.717) is 0 Å². The van der Waals surface area contributed by atoms with E-state index >= 15 is 0 Å². The van der Waals surface area contributed by atoms with Crippen LogP contribution < -0.4 is 5.84 Å². The summed E-state index contributed by atoms with van der Waals surface area (Å²) in [5, 5.41) is 4.27. The number of nitrogens with zero attached hydrogens (tertiary/aromatic N) is 2. The van der Waals surface area contributed by atoms with E-state index in [-0.39, 0.29) is 0 Å². The number of nitrogen functional groups attached to an aromatic ring is 1. The van der Waals surface area contributed by atoms with E-state index < -0.39 is 0 Å². The van der Waals surface area contributed by atoms with E-state index in [0.717, 1.165) is 11.8 Å².